The molecule has 3 nitrogen and oxygen atoms in total. The van der Waals surface area contributed by atoms with E-state index in [1.165, 1.54) is 78.2 Å². The number of allylic oxidation sites excluding steroid dienone is 1. The maximum atomic E-state index is 7.00. The minimum Gasteiger partial charge on any atom is -0.459 e. The van der Waals surface area contributed by atoms with Crippen LogP contribution in [-0.2, 0) is 21.7 Å². The molecule has 0 spiro atoms. The average molecular weight is 811 g/mol. The molecule has 62 heavy (non-hydrogen) atoms. The number of hydrogen-bond acceptors (Lipinski definition) is 3. The van der Waals surface area contributed by atoms with Gasteiger partial charge in [-0.25, -0.2) is 0 Å². The van der Waals surface area contributed by atoms with Crippen LogP contribution >= 0.6 is 0 Å². The van der Waals surface area contributed by atoms with Crippen molar-refractivity contribution in [3.8, 4) is 16.9 Å². The Hall–Kier alpha value is -5.74. The van der Waals surface area contributed by atoms with Gasteiger partial charge in [0.1, 0.15) is 11.5 Å². The molecule has 0 bridgehead atoms. The van der Waals surface area contributed by atoms with Gasteiger partial charge >= 0.3 is 0 Å². The number of para-hydroxylation sites is 1. The van der Waals surface area contributed by atoms with E-state index in [0.29, 0.717) is 5.92 Å². The Bertz CT molecular complexity index is 2770. The smallest absolute Gasteiger partial charge is 0.251 e. The zero-order valence-electron chi connectivity index (χ0n) is 38.0. The highest BCUT2D eigenvalue weighted by Gasteiger charge is 2.50. The van der Waals surface area contributed by atoms with E-state index in [0.717, 1.165) is 30.8 Å². The molecule has 3 aliphatic carbocycles. The first-order valence-corrected chi connectivity index (χ1v) is 23.0. The van der Waals surface area contributed by atoms with Crippen molar-refractivity contribution >= 4 is 46.1 Å². The molecule has 2 atom stereocenters. The number of fused-ring (bicyclic) bond motifs is 6. The first-order chi connectivity index (χ1) is 29.6. The van der Waals surface area contributed by atoms with Crippen LogP contribution in [0.15, 0.2) is 157 Å². The summed E-state index contributed by atoms with van der Waals surface area (Å²) < 4.78 is 7.00. The van der Waals surface area contributed by atoms with Crippen LogP contribution in [0.25, 0.3) is 11.1 Å². The van der Waals surface area contributed by atoms with Crippen LogP contribution < -0.4 is 25.5 Å². The molecule has 2 unspecified atom stereocenters. The van der Waals surface area contributed by atoms with E-state index in [9.17, 15) is 0 Å². The minimum absolute atomic E-state index is 0.0612. The number of hydrogen-bond donors (Lipinski definition) is 0. The molecule has 0 aromatic heterocycles. The molecular weight excluding hydrogens is 751 g/mol. The summed E-state index contributed by atoms with van der Waals surface area (Å²) in [6.07, 6.45) is 7.97. The summed E-state index contributed by atoms with van der Waals surface area (Å²) in [7, 11) is 0. The monoisotopic (exact) mass is 810 g/mol. The summed E-state index contributed by atoms with van der Waals surface area (Å²) in [6.45, 7) is 21.8. The van der Waals surface area contributed by atoms with E-state index < -0.39 is 0 Å². The van der Waals surface area contributed by atoms with Gasteiger partial charge in [0.15, 0.2) is 0 Å². The third-order valence-corrected chi connectivity index (χ3v) is 15.3. The molecule has 2 heterocycles. The molecule has 5 aliphatic rings. The van der Waals surface area contributed by atoms with E-state index in [4.69, 9.17) is 4.74 Å². The molecule has 0 saturated carbocycles. The van der Waals surface area contributed by atoms with E-state index in [-0.39, 0.29) is 34.4 Å². The van der Waals surface area contributed by atoms with Crippen molar-refractivity contribution in [2.24, 2.45) is 5.92 Å². The second-order valence-corrected chi connectivity index (χ2v) is 21.5. The molecule has 4 heteroatoms. The molecular formula is C58H59BN2O. The topological polar surface area (TPSA) is 15.7 Å². The largest absolute Gasteiger partial charge is 0.459 e. The van der Waals surface area contributed by atoms with Crippen molar-refractivity contribution < 1.29 is 4.74 Å². The average Bonchev–Trinajstić information content (AvgIpc) is 3.57. The summed E-state index contributed by atoms with van der Waals surface area (Å²) >= 11 is 0. The summed E-state index contributed by atoms with van der Waals surface area (Å²) in [5, 5.41) is 0. The van der Waals surface area contributed by atoms with Crippen molar-refractivity contribution in [3.05, 3.63) is 179 Å². The third kappa shape index (κ3) is 5.92. The van der Waals surface area contributed by atoms with Gasteiger partial charge in [0, 0.05) is 34.4 Å². The van der Waals surface area contributed by atoms with Gasteiger partial charge in [0.05, 0.1) is 6.04 Å². The Morgan fingerprint density at radius 3 is 1.74 bits per heavy atom. The van der Waals surface area contributed by atoms with Gasteiger partial charge in [-0.15, -0.1) is 0 Å². The molecule has 0 radical (unpaired) electrons. The Morgan fingerprint density at radius 1 is 0.581 bits per heavy atom. The lowest BCUT2D eigenvalue weighted by molar-refractivity contribution is 0.403. The fourth-order valence-corrected chi connectivity index (χ4v) is 13.0. The number of benzene rings is 6. The predicted molar refractivity (Wildman–Crippen MR) is 262 cm³/mol. The number of nitrogens with zero attached hydrogens (tertiary/aromatic N) is 2. The van der Waals surface area contributed by atoms with E-state index >= 15 is 0 Å². The van der Waals surface area contributed by atoms with Gasteiger partial charge < -0.3 is 14.5 Å². The lowest BCUT2D eigenvalue weighted by atomic mass is 9.31. The Labute approximate surface area is 370 Å². The van der Waals surface area contributed by atoms with Crippen molar-refractivity contribution in [3.63, 3.8) is 0 Å². The summed E-state index contributed by atoms with van der Waals surface area (Å²) in [5.74, 6) is 2.25. The van der Waals surface area contributed by atoms with Gasteiger partial charge in [-0.05, 0) is 151 Å². The minimum atomic E-state index is 0.0612. The van der Waals surface area contributed by atoms with Crippen molar-refractivity contribution in [2.75, 3.05) is 9.80 Å². The van der Waals surface area contributed by atoms with Gasteiger partial charge in [-0.1, -0.05) is 147 Å². The zero-order chi connectivity index (χ0) is 42.9. The zero-order valence-corrected chi connectivity index (χ0v) is 38.0. The molecule has 310 valence electrons. The first-order valence-electron chi connectivity index (χ1n) is 23.0. The Morgan fingerprint density at radius 2 is 1.13 bits per heavy atom. The number of rotatable bonds is 6. The van der Waals surface area contributed by atoms with Crippen molar-refractivity contribution in [1.82, 2.24) is 0 Å². The van der Waals surface area contributed by atoms with E-state index in [2.05, 4.69) is 218 Å². The van der Waals surface area contributed by atoms with Crippen LogP contribution in [0.2, 0.25) is 0 Å². The van der Waals surface area contributed by atoms with Gasteiger partial charge in [-0.3, -0.25) is 0 Å². The molecule has 6 aromatic rings. The third-order valence-electron chi connectivity index (χ3n) is 15.3. The van der Waals surface area contributed by atoms with E-state index in [1.54, 1.807) is 0 Å². The van der Waals surface area contributed by atoms with Crippen molar-refractivity contribution in [2.45, 2.75) is 109 Å². The van der Waals surface area contributed by atoms with Gasteiger partial charge in [0.2, 0.25) is 0 Å². The van der Waals surface area contributed by atoms with Crippen LogP contribution in [0.5, 0.6) is 5.75 Å². The highest BCUT2D eigenvalue weighted by atomic mass is 16.5. The SMILES string of the molecule is CCC1C=CC2=C3B(c4ccc(-c5ccccc5)cc4O2)c2ccc(N(c4ccc5c(c4)C(C)(C)CC5(C)C)c4ccc5c(c4)C(C)(C)CC5(C)C)cc2N(c2ccccc2)C31. The van der Waals surface area contributed by atoms with E-state index in [1.807, 2.05) is 0 Å². The molecule has 6 aromatic carbocycles. The van der Waals surface area contributed by atoms with Crippen LogP contribution in [-0.4, -0.2) is 12.8 Å². The number of anilines is 5. The summed E-state index contributed by atoms with van der Waals surface area (Å²) in [6, 6.07) is 50.8. The van der Waals surface area contributed by atoms with Crippen LogP contribution in [0.1, 0.15) is 104 Å². The van der Waals surface area contributed by atoms with Crippen molar-refractivity contribution in [1.29, 1.82) is 0 Å². The van der Waals surface area contributed by atoms with Gasteiger partial charge in [0.25, 0.3) is 6.71 Å². The lowest BCUT2D eigenvalue weighted by Gasteiger charge is -2.49. The lowest BCUT2D eigenvalue weighted by Crippen LogP contribution is -2.61. The highest BCUT2D eigenvalue weighted by molar-refractivity contribution is 6.93. The molecule has 0 fully saturated rings. The summed E-state index contributed by atoms with van der Waals surface area (Å²) in [4.78, 5) is 5.21. The normalized spacial score (nSPS) is 21.4. The fraction of sp³-hybridized carbons (Fsp3) is 0.310. The molecule has 0 amide bonds. The van der Waals surface area contributed by atoms with Gasteiger partial charge in [-0.2, -0.15) is 0 Å². The van der Waals surface area contributed by atoms with Crippen LogP contribution in [0.4, 0.5) is 28.4 Å². The van der Waals surface area contributed by atoms with Crippen LogP contribution in [0, 0.1) is 5.92 Å². The quantitative estimate of drug-likeness (QED) is 0.156. The standard InChI is InChI=1S/C58H59BN2O/c1-10-37-22-30-51-53-54(37)61(40-19-15-12-16-20-40)50-34-43(25-29-48(50)59(53)49-28-21-39(31-52(49)62-51)38-17-13-11-14-18-38)60(41-23-26-44-46(32-41)57(6,7)35-55(44,2)3)42-24-27-45-47(33-42)58(8,9)36-56(45,4)5/h11-34,37,54H,10,35-36H2,1-9H3. The second kappa shape index (κ2) is 13.6. The Balaban J connectivity index is 1.15. The predicted octanol–water partition coefficient (Wildman–Crippen LogP) is 13.7. The first kappa shape index (κ1) is 39.1. The maximum Gasteiger partial charge on any atom is 0.251 e. The second-order valence-electron chi connectivity index (χ2n) is 21.5. The fourth-order valence-electron chi connectivity index (χ4n) is 13.0. The number of ether oxygens (including phenoxy) is 1. The molecule has 0 N–H and O–H groups in total. The highest BCUT2D eigenvalue weighted by Crippen LogP contribution is 2.54. The Kier molecular flexibility index (Phi) is 8.60. The molecule has 0 saturated heterocycles. The molecule has 2 aliphatic heterocycles. The molecule has 11 rings (SSSR count). The maximum absolute atomic E-state index is 7.00. The van der Waals surface area contributed by atoms with Crippen LogP contribution in [0.3, 0.4) is 0 Å². The summed E-state index contributed by atoms with van der Waals surface area (Å²) in [5.41, 5.74) is 18.6.